The summed E-state index contributed by atoms with van der Waals surface area (Å²) in [6, 6.07) is 18.5. The summed E-state index contributed by atoms with van der Waals surface area (Å²) in [5.74, 6) is 0. The van der Waals surface area contributed by atoms with E-state index < -0.39 is 0 Å². The number of rotatable bonds is 5. The fraction of sp³-hybridized carbons (Fsp3) is 0.286. The Bertz CT molecular complexity index is 937. The summed E-state index contributed by atoms with van der Waals surface area (Å²) in [6.07, 6.45) is 4.45. The van der Waals surface area contributed by atoms with E-state index in [1.807, 2.05) is 24.3 Å². The third kappa shape index (κ3) is 3.96. The lowest BCUT2D eigenvalue weighted by Gasteiger charge is -2.34. The molecule has 0 bridgehead atoms. The van der Waals surface area contributed by atoms with E-state index in [1.54, 1.807) is 0 Å². The minimum Gasteiger partial charge on any atom is -0.429 e. The van der Waals surface area contributed by atoms with E-state index in [1.165, 1.54) is 5.56 Å². The third-order valence-corrected chi connectivity index (χ3v) is 5.16. The molecule has 26 heavy (non-hydrogen) atoms. The number of nitrogens with zero attached hydrogens (tertiary/aromatic N) is 3. The van der Waals surface area contributed by atoms with E-state index >= 15 is 0 Å². The Hall–Kier alpha value is -2.21. The van der Waals surface area contributed by atoms with Crippen LogP contribution in [0.4, 0.5) is 0 Å². The normalized spacial score (nSPS) is 16.6. The Morgan fingerprint density at radius 1 is 0.885 bits per heavy atom. The molecule has 1 aromatic heterocycles. The Labute approximate surface area is 158 Å². The smallest absolute Gasteiger partial charge is 0.270 e. The highest BCUT2D eigenvalue weighted by atomic mass is 32.1. The van der Waals surface area contributed by atoms with Crippen molar-refractivity contribution >= 4 is 29.4 Å². The summed E-state index contributed by atoms with van der Waals surface area (Å²) < 4.78 is 7.78. The number of benzene rings is 2. The molecule has 0 spiro atoms. The van der Waals surface area contributed by atoms with E-state index in [4.69, 9.17) is 16.6 Å². The maximum atomic E-state index is 5.69. The second-order valence-corrected chi connectivity index (χ2v) is 6.99. The zero-order valence-electron chi connectivity index (χ0n) is 14.8. The van der Waals surface area contributed by atoms with Gasteiger partial charge in [-0.05, 0) is 29.9 Å². The lowest BCUT2D eigenvalue weighted by atomic mass is 10.2. The number of oxazole rings is 1. The minimum absolute atomic E-state index is 0.555. The van der Waals surface area contributed by atoms with Crippen LogP contribution < -0.4 is 0 Å². The van der Waals surface area contributed by atoms with E-state index in [2.05, 4.69) is 56.9 Å². The fourth-order valence-corrected chi connectivity index (χ4v) is 3.61. The topological polar surface area (TPSA) is 24.6 Å². The minimum atomic E-state index is 0.555. The molecule has 4 rings (SSSR count). The van der Waals surface area contributed by atoms with Crippen LogP contribution >= 0.6 is 12.2 Å². The molecule has 2 heterocycles. The van der Waals surface area contributed by atoms with Crippen LogP contribution in [0.25, 0.3) is 17.2 Å². The van der Waals surface area contributed by atoms with Crippen LogP contribution in [0.2, 0.25) is 0 Å². The molecular formula is C21H23N3OS. The number of hydrogen-bond acceptors (Lipinski definition) is 4. The van der Waals surface area contributed by atoms with Crippen molar-refractivity contribution in [3.63, 3.8) is 0 Å². The van der Waals surface area contributed by atoms with Gasteiger partial charge in [-0.15, -0.1) is 0 Å². The van der Waals surface area contributed by atoms with Gasteiger partial charge in [-0.1, -0.05) is 54.6 Å². The molecule has 0 saturated carbocycles. The molecule has 0 unspecified atom stereocenters. The molecule has 1 aliphatic rings. The quantitative estimate of drug-likeness (QED) is 0.631. The van der Waals surface area contributed by atoms with Crippen molar-refractivity contribution < 1.29 is 4.42 Å². The average Bonchev–Trinajstić information content (AvgIpc) is 2.99. The van der Waals surface area contributed by atoms with Crippen molar-refractivity contribution in [3.05, 3.63) is 71.1 Å². The van der Waals surface area contributed by atoms with Gasteiger partial charge in [0.05, 0.1) is 12.2 Å². The molecule has 0 radical (unpaired) electrons. The van der Waals surface area contributed by atoms with Crippen LogP contribution in [0.1, 0.15) is 5.56 Å². The zero-order chi connectivity index (χ0) is 17.8. The van der Waals surface area contributed by atoms with E-state index in [0.29, 0.717) is 4.84 Å². The van der Waals surface area contributed by atoms with Crippen molar-refractivity contribution in [2.45, 2.75) is 6.67 Å². The SMILES string of the molecule is S=c1oc2ccccc2n1CN1CCN(C/C=C/c2ccccc2)CC1. The van der Waals surface area contributed by atoms with Crippen molar-refractivity contribution in [2.75, 3.05) is 32.7 Å². The first kappa shape index (κ1) is 17.2. The zero-order valence-corrected chi connectivity index (χ0v) is 15.6. The fourth-order valence-electron chi connectivity index (χ4n) is 3.36. The summed E-state index contributed by atoms with van der Waals surface area (Å²) in [7, 11) is 0. The molecule has 1 fully saturated rings. The molecule has 0 N–H and O–H groups in total. The maximum Gasteiger partial charge on any atom is 0.270 e. The standard InChI is InChI=1S/C21H23N3OS/c26-21-24(19-10-4-5-11-20(19)25-21)17-23-15-13-22(14-16-23)12-6-9-18-7-2-1-3-8-18/h1-11H,12-17H2/b9-6+. The predicted molar refractivity (Wildman–Crippen MR) is 109 cm³/mol. The highest BCUT2D eigenvalue weighted by Gasteiger charge is 2.17. The number of hydrogen-bond donors (Lipinski definition) is 0. The van der Waals surface area contributed by atoms with Crippen LogP contribution in [-0.4, -0.2) is 47.1 Å². The number of para-hydroxylation sites is 2. The van der Waals surface area contributed by atoms with Gasteiger partial charge >= 0.3 is 0 Å². The monoisotopic (exact) mass is 365 g/mol. The summed E-state index contributed by atoms with van der Waals surface area (Å²) in [5, 5.41) is 0. The van der Waals surface area contributed by atoms with Gasteiger partial charge in [-0.3, -0.25) is 14.4 Å². The summed E-state index contributed by atoms with van der Waals surface area (Å²) in [6.45, 7) is 6.02. The number of aromatic nitrogens is 1. The van der Waals surface area contributed by atoms with Crippen LogP contribution in [0.15, 0.2) is 65.1 Å². The Morgan fingerprint density at radius 3 is 2.38 bits per heavy atom. The molecule has 3 aromatic rings. The van der Waals surface area contributed by atoms with Gasteiger partial charge in [-0.2, -0.15) is 0 Å². The van der Waals surface area contributed by atoms with E-state index in [-0.39, 0.29) is 0 Å². The van der Waals surface area contributed by atoms with Crippen LogP contribution in [0, 0.1) is 4.84 Å². The Kier molecular flexibility index (Phi) is 5.29. The maximum absolute atomic E-state index is 5.69. The highest BCUT2D eigenvalue weighted by Crippen LogP contribution is 2.18. The van der Waals surface area contributed by atoms with Gasteiger partial charge < -0.3 is 4.42 Å². The summed E-state index contributed by atoms with van der Waals surface area (Å²) in [5.41, 5.74) is 3.19. The first-order chi connectivity index (χ1) is 12.8. The summed E-state index contributed by atoms with van der Waals surface area (Å²) >= 11 is 5.40. The van der Waals surface area contributed by atoms with Crippen molar-refractivity contribution in [1.82, 2.24) is 14.4 Å². The molecule has 1 saturated heterocycles. The Morgan fingerprint density at radius 2 is 1.58 bits per heavy atom. The van der Waals surface area contributed by atoms with Crippen molar-refractivity contribution in [1.29, 1.82) is 0 Å². The summed E-state index contributed by atoms with van der Waals surface area (Å²) in [4.78, 5) is 5.48. The number of fused-ring (bicyclic) bond motifs is 1. The van der Waals surface area contributed by atoms with Crippen molar-refractivity contribution in [3.8, 4) is 0 Å². The Balaban J connectivity index is 1.32. The molecule has 0 aliphatic carbocycles. The molecular weight excluding hydrogens is 342 g/mol. The lowest BCUT2D eigenvalue weighted by molar-refractivity contribution is 0.115. The van der Waals surface area contributed by atoms with Gasteiger partial charge in [0.2, 0.25) is 0 Å². The second-order valence-electron chi connectivity index (χ2n) is 6.64. The number of piperazine rings is 1. The molecule has 5 heteroatoms. The lowest BCUT2D eigenvalue weighted by Crippen LogP contribution is -2.46. The van der Waals surface area contributed by atoms with Gasteiger partial charge in [-0.25, -0.2) is 0 Å². The molecule has 134 valence electrons. The highest BCUT2D eigenvalue weighted by molar-refractivity contribution is 7.71. The largest absolute Gasteiger partial charge is 0.429 e. The first-order valence-electron chi connectivity index (χ1n) is 9.04. The first-order valence-corrected chi connectivity index (χ1v) is 9.45. The molecule has 4 nitrogen and oxygen atoms in total. The van der Waals surface area contributed by atoms with Crippen molar-refractivity contribution in [2.24, 2.45) is 0 Å². The van der Waals surface area contributed by atoms with Gasteiger partial charge in [0.1, 0.15) is 0 Å². The van der Waals surface area contributed by atoms with Gasteiger partial charge in [0.25, 0.3) is 4.84 Å². The average molecular weight is 366 g/mol. The van der Waals surface area contributed by atoms with Crippen LogP contribution in [-0.2, 0) is 6.67 Å². The molecule has 1 aliphatic heterocycles. The second kappa shape index (κ2) is 7.99. The molecule has 2 aromatic carbocycles. The van der Waals surface area contributed by atoms with Gasteiger partial charge in [0, 0.05) is 32.7 Å². The molecule has 0 amide bonds. The van der Waals surface area contributed by atoms with E-state index in [9.17, 15) is 0 Å². The van der Waals surface area contributed by atoms with Gasteiger partial charge in [0.15, 0.2) is 5.58 Å². The third-order valence-electron chi connectivity index (χ3n) is 4.85. The van der Waals surface area contributed by atoms with Crippen LogP contribution in [0.3, 0.4) is 0 Å². The molecule has 0 atom stereocenters. The van der Waals surface area contributed by atoms with Crippen LogP contribution in [0.5, 0.6) is 0 Å². The van der Waals surface area contributed by atoms with E-state index in [0.717, 1.165) is 50.5 Å². The predicted octanol–water partition coefficient (Wildman–Crippen LogP) is 4.25.